The lowest BCUT2D eigenvalue weighted by Crippen LogP contribution is -2.45. The maximum absolute atomic E-state index is 12.5. The van der Waals surface area contributed by atoms with Gasteiger partial charge in [0.1, 0.15) is 0 Å². The van der Waals surface area contributed by atoms with Crippen LogP contribution in [0.3, 0.4) is 0 Å². The molecule has 3 N–H and O–H groups in total. The minimum absolute atomic E-state index is 0.000593. The van der Waals surface area contributed by atoms with E-state index in [2.05, 4.69) is 43.5 Å². The Morgan fingerprint density at radius 3 is 1.16 bits per heavy atom. The van der Waals surface area contributed by atoms with Crippen LogP contribution in [0.1, 0.15) is 341 Å². The van der Waals surface area contributed by atoms with E-state index in [4.69, 9.17) is 4.74 Å². The number of hydrogen-bond donors (Lipinski definition) is 3. The number of rotatable bonds is 58. The number of nitrogens with one attached hydrogen (secondary N) is 1. The zero-order chi connectivity index (χ0) is 50.0. The normalized spacial score (nSPS) is 12.7. The van der Waals surface area contributed by atoms with Crippen molar-refractivity contribution >= 4 is 11.9 Å². The molecule has 0 bridgehead atoms. The van der Waals surface area contributed by atoms with Gasteiger partial charge < -0.3 is 20.3 Å². The van der Waals surface area contributed by atoms with E-state index in [0.717, 1.165) is 51.4 Å². The predicted octanol–water partition coefficient (Wildman–Crippen LogP) is 19.4. The van der Waals surface area contributed by atoms with Crippen LogP contribution in [0, 0.1) is 0 Å². The molecule has 6 heteroatoms. The second-order valence-electron chi connectivity index (χ2n) is 21.4. The molecule has 0 aliphatic carbocycles. The predicted molar refractivity (Wildman–Crippen MR) is 301 cm³/mol. The summed E-state index contributed by atoms with van der Waals surface area (Å²) in [5, 5.41) is 23.3. The van der Waals surface area contributed by atoms with Gasteiger partial charge in [0.05, 0.1) is 25.4 Å². The third-order valence-corrected chi connectivity index (χ3v) is 14.5. The van der Waals surface area contributed by atoms with Gasteiger partial charge in [-0.1, -0.05) is 301 Å². The summed E-state index contributed by atoms with van der Waals surface area (Å²) < 4.78 is 5.47. The van der Waals surface area contributed by atoms with Crippen LogP contribution in [0.4, 0.5) is 0 Å². The van der Waals surface area contributed by atoms with Gasteiger partial charge in [-0.05, 0) is 51.4 Å². The molecule has 2 atom stereocenters. The first-order valence-electron chi connectivity index (χ1n) is 31.1. The van der Waals surface area contributed by atoms with Gasteiger partial charge in [-0.3, -0.25) is 9.59 Å². The van der Waals surface area contributed by atoms with E-state index in [0.29, 0.717) is 25.9 Å². The Morgan fingerprint density at radius 2 is 0.754 bits per heavy atom. The number of aliphatic hydroxyl groups is 2. The first-order chi connectivity index (χ1) is 34.0. The molecule has 0 aliphatic heterocycles. The van der Waals surface area contributed by atoms with Crippen molar-refractivity contribution in [3.05, 3.63) is 24.3 Å². The number of allylic oxidation sites excluding steroid dienone is 4. The number of carbonyl (C=O) groups is 2. The molecule has 2 unspecified atom stereocenters. The van der Waals surface area contributed by atoms with Crippen molar-refractivity contribution in [1.82, 2.24) is 5.32 Å². The molecule has 0 aliphatic rings. The molecule has 69 heavy (non-hydrogen) atoms. The van der Waals surface area contributed by atoms with Gasteiger partial charge in [-0.2, -0.15) is 0 Å². The van der Waals surface area contributed by atoms with E-state index in [1.165, 1.54) is 257 Å². The first kappa shape index (κ1) is 67.3. The minimum Gasteiger partial charge on any atom is -0.466 e. The number of unbranched alkanes of at least 4 members (excludes halogenated alkanes) is 43. The fraction of sp³-hybridized carbons (Fsp3) is 0.905. The summed E-state index contributed by atoms with van der Waals surface area (Å²) in [4.78, 5) is 24.5. The van der Waals surface area contributed by atoms with Gasteiger partial charge in [-0.25, -0.2) is 0 Å². The van der Waals surface area contributed by atoms with Gasteiger partial charge in [-0.15, -0.1) is 0 Å². The van der Waals surface area contributed by atoms with E-state index in [1.807, 2.05) is 0 Å². The largest absolute Gasteiger partial charge is 0.466 e. The standard InChI is InChI=1S/C63H121NO5/c1-3-5-7-9-11-13-15-17-18-28-32-35-39-43-47-51-55-61(66)60(59-65)64-62(67)56-52-48-44-40-36-33-29-26-24-22-20-19-21-23-25-27-30-34-38-42-46-50-54-58-69-63(68)57-53-49-45-41-37-31-16-14-12-10-8-6-4-2/h8,10,14,16,60-61,65-66H,3-7,9,11-13,15,17-59H2,1-2H3,(H,64,67)/b10-8-,16-14-. The second-order valence-corrected chi connectivity index (χ2v) is 21.4. The molecule has 0 rings (SSSR count). The van der Waals surface area contributed by atoms with E-state index in [9.17, 15) is 19.8 Å². The highest BCUT2D eigenvalue weighted by Crippen LogP contribution is 2.18. The van der Waals surface area contributed by atoms with Crippen molar-refractivity contribution in [2.45, 2.75) is 353 Å². The Kier molecular flexibility index (Phi) is 57.5. The topological polar surface area (TPSA) is 95.9 Å². The molecular weight excluding hydrogens is 851 g/mol. The van der Waals surface area contributed by atoms with E-state index >= 15 is 0 Å². The van der Waals surface area contributed by atoms with Crippen LogP contribution in [0.25, 0.3) is 0 Å². The fourth-order valence-corrected chi connectivity index (χ4v) is 9.74. The highest BCUT2D eigenvalue weighted by Gasteiger charge is 2.20. The third kappa shape index (κ3) is 55.5. The SMILES string of the molecule is CCC/C=C\C/C=C\CCCCCCCC(=O)OCCCCCCCCCCCCCCCCCCCCCCCCCC(=O)NC(CO)C(O)CCCCCCCCCCCCCCCCCC. The zero-order valence-electron chi connectivity index (χ0n) is 46.6. The van der Waals surface area contributed by atoms with Gasteiger partial charge in [0.2, 0.25) is 5.91 Å². The summed E-state index contributed by atoms with van der Waals surface area (Å²) in [6.07, 6.45) is 71.9. The quantitative estimate of drug-likeness (QED) is 0.0321. The minimum atomic E-state index is -0.664. The molecule has 0 saturated carbocycles. The van der Waals surface area contributed by atoms with Crippen LogP contribution in [-0.4, -0.2) is 47.4 Å². The molecule has 6 nitrogen and oxygen atoms in total. The van der Waals surface area contributed by atoms with Crippen molar-refractivity contribution in [1.29, 1.82) is 0 Å². The van der Waals surface area contributed by atoms with E-state index in [-0.39, 0.29) is 18.5 Å². The Bertz CT molecular complexity index is 1080. The van der Waals surface area contributed by atoms with Gasteiger partial charge in [0, 0.05) is 12.8 Å². The highest BCUT2D eigenvalue weighted by molar-refractivity contribution is 5.76. The lowest BCUT2D eigenvalue weighted by molar-refractivity contribution is -0.143. The zero-order valence-corrected chi connectivity index (χ0v) is 46.6. The average molecular weight is 973 g/mol. The Labute approximate surface area is 431 Å². The molecule has 0 heterocycles. The van der Waals surface area contributed by atoms with Crippen LogP contribution < -0.4 is 5.32 Å². The third-order valence-electron chi connectivity index (χ3n) is 14.5. The summed E-state index contributed by atoms with van der Waals surface area (Å²) in [7, 11) is 0. The molecule has 0 fully saturated rings. The summed E-state index contributed by atoms with van der Waals surface area (Å²) >= 11 is 0. The summed E-state index contributed by atoms with van der Waals surface area (Å²) in [6, 6.07) is -0.541. The maximum atomic E-state index is 12.5. The van der Waals surface area contributed by atoms with Crippen molar-refractivity contribution in [2.24, 2.45) is 0 Å². The van der Waals surface area contributed by atoms with E-state index < -0.39 is 12.1 Å². The number of ether oxygens (including phenoxy) is 1. The van der Waals surface area contributed by atoms with Crippen LogP contribution >= 0.6 is 0 Å². The van der Waals surface area contributed by atoms with Gasteiger partial charge in [0.15, 0.2) is 0 Å². The Morgan fingerprint density at radius 1 is 0.406 bits per heavy atom. The lowest BCUT2D eigenvalue weighted by atomic mass is 10.0. The van der Waals surface area contributed by atoms with Crippen LogP contribution in [0.15, 0.2) is 24.3 Å². The van der Waals surface area contributed by atoms with Crippen molar-refractivity contribution in [3.63, 3.8) is 0 Å². The highest BCUT2D eigenvalue weighted by atomic mass is 16.5. The molecule has 1 amide bonds. The van der Waals surface area contributed by atoms with Crippen molar-refractivity contribution < 1.29 is 24.5 Å². The number of hydrogen-bond acceptors (Lipinski definition) is 5. The molecule has 0 aromatic heterocycles. The molecule has 0 aromatic carbocycles. The lowest BCUT2D eigenvalue weighted by Gasteiger charge is -2.22. The van der Waals surface area contributed by atoms with Gasteiger partial charge in [0.25, 0.3) is 0 Å². The number of aliphatic hydroxyl groups excluding tert-OH is 2. The number of carbonyl (C=O) groups excluding carboxylic acids is 2. The fourth-order valence-electron chi connectivity index (χ4n) is 9.74. The molecule has 408 valence electrons. The Hall–Kier alpha value is -1.66. The van der Waals surface area contributed by atoms with Crippen molar-refractivity contribution in [3.8, 4) is 0 Å². The number of amides is 1. The van der Waals surface area contributed by atoms with E-state index in [1.54, 1.807) is 0 Å². The summed E-state index contributed by atoms with van der Waals surface area (Å²) in [5.41, 5.74) is 0. The summed E-state index contributed by atoms with van der Waals surface area (Å²) in [5.74, 6) is -0.0328. The maximum Gasteiger partial charge on any atom is 0.305 e. The van der Waals surface area contributed by atoms with Crippen LogP contribution in [0.5, 0.6) is 0 Å². The second kappa shape index (κ2) is 58.9. The summed E-state index contributed by atoms with van der Waals surface area (Å²) in [6.45, 7) is 4.90. The molecular formula is C63H121NO5. The molecule has 0 aromatic rings. The number of esters is 1. The molecule has 0 saturated heterocycles. The van der Waals surface area contributed by atoms with Crippen LogP contribution in [-0.2, 0) is 14.3 Å². The van der Waals surface area contributed by atoms with Crippen molar-refractivity contribution in [2.75, 3.05) is 13.2 Å². The Balaban J connectivity index is 3.37. The average Bonchev–Trinajstić information content (AvgIpc) is 3.35. The van der Waals surface area contributed by atoms with Gasteiger partial charge >= 0.3 is 5.97 Å². The smallest absolute Gasteiger partial charge is 0.305 e. The monoisotopic (exact) mass is 972 g/mol. The molecule has 0 radical (unpaired) electrons. The first-order valence-corrected chi connectivity index (χ1v) is 31.1. The van der Waals surface area contributed by atoms with Crippen LogP contribution in [0.2, 0.25) is 0 Å². The molecule has 0 spiro atoms.